The summed E-state index contributed by atoms with van der Waals surface area (Å²) in [4.78, 5) is 2.59. The molecule has 3 unspecified atom stereocenters. The van der Waals surface area contributed by atoms with Gasteiger partial charge in [0, 0.05) is 18.1 Å². The quantitative estimate of drug-likeness (QED) is 0.880. The summed E-state index contributed by atoms with van der Waals surface area (Å²) in [7, 11) is 2.30. The van der Waals surface area contributed by atoms with Crippen LogP contribution in [0.3, 0.4) is 0 Å². The van der Waals surface area contributed by atoms with Crippen molar-refractivity contribution in [2.24, 2.45) is 5.41 Å². The Hall–Kier alpha value is -0.860. The molecule has 1 aliphatic rings. The van der Waals surface area contributed by atoms with Crippen LogP contribution in [0, 0.1) is 5.41 Å². The van der Waals surface area contributed by atoms with Gasteiger partial charge in [-0.05, 0) is 49.9 Å². The fourth-order valence-corrected chi connectivity index (χ4v) is 3.40. The highest BCUT2D eigenvalue weighted by Crippen LogP contribution is 2.37. The Balaban J connectivity index is 2.23. The minimum Gasteiger partial charge on any atom is -0.309 e. The van der Waals surface area contributed by atoms with Crippen LogP contribution in [0.15, 0.2) is 24.3 Å². The molecule has 0 saturated carbocycles. The summed E-state index contributed by atoms with van der Waals surface area (Å²) in [6.07, 6.45) is 2.35. The lowest BCUT2D eigenvalue weighted by molar-refractivity contribution is 0.0829. The largest absolute Gasteiger partial charge is 0.309 e. The van der Waals surface area contributed by atoms with E-state index in [1.807, 2.05) is 0 Å². The number of likely N-dealkylation sites (N-methyl/N-ethyl adjacent to an activating group) is 1. The molecule has 3 atom stereocenters. The van der Waals surface area contributed by atoms with Gasteiger partial charge in [-0.2, -0.15) is 0 Å². The van der Waals surface area contributed by atoms with E-state index < -0.39 is 0 Å². The molecule has 1 aliphatic carbocycles. The molecule has 0 spiro atoms. The molecule has 0 heterocycles. The second kappa shape index (κ2) is 6.50. The van der Waals surface area contributed by atoms with Crippen LogP contribution in [-0.2, 0) is 6.42 Å². The summed E-state index contributed by atoms with van der Waals surface area (Å²) < 4.78 is 0. The number of fused-ring (bicyclic) bond motifs is 1. The van der Waals surface area contributed by atoms with Crippen molar-refractivity contribution in [3.05, 3.63) is 35.4 Å². The fourth-order valence-electron chi connectivity index (χ4n) is 3.40. The van der Waals surface area contributed by atoms with Gasteiger partial charge in [0.2, 0.25) is 0 Å². The maximum Gasteiger partial charge on any atom is 0.0484 e. The molecule has 118 valence electrons. The van der Waals surface area contributed by atoms with Gasteiger partial charge in [0.25, 0.3) is 0 Å². The van der Waals surface area contributed by atoms with E-state index in [0.717, 1.165) is 13.0 Å². The molecule has 0 aliphatic heterocycles. The maximum atomic E-state index is 3.78. The molecule has 0 radical (unpaired) electrons. The van der Waals surface area contributed by atoms with Crippen molar-refractivity contribution in [1.29, 1.82) is 0 Å². The second-order valence-electron chi connectivity index (χ2n) is 7.61. The molecule has 2 heteroatoms. The molecule has 0 bridgehead atoms. The van der Waals surface area contributed by atoms with E-state index in [2.05, 4.69) is 76.1 Å². The van der Waals surface area contributed by atoms with Crippen LogP contribution >= 0.6 is 0 Å². The van der Waals surface area contributed by atoms with Gasteiger partial charge in [-0.25, -0.2) is 0 Å². The molecule has 21 heavy (non-hydrogen) atoms. The first kappa shape index (κ1) is 16.5. The van der Waals surface area contributed by atoms with Gasteiger partial charge in [0.05, 0.1) is 0 Å². The predicted molar refractivity (Wildman–Crippen MR) is 91.6 cm³/mol. The average molecular weight is 288 g/mol. The molecule has 1 aromatic carbocycles. The smallest absolute Gasteiger partial charge is 0.0484 e. The fraction of sp³-hybridized carbons (Fsp3) is 0.684. The Kier molecular flexibility index (Phi) is 5.11. The van der Waals surface area contributed by atoms with Crippen molar-refractivity contribution in [1.82, 2.24) is 10.2 Å². The molecule has 0 saturated heterocycles. The minimum absolute atomic E-state index is 0.304. The van der Waals surface area contributed by atoms with Gasteiger partial charge in [0.1, 0.15) is 0 Å². The number of nitrogens with zero attached hydrogens (tertiary/aromatic N) is 1. The van der Waals surface area contributed by atoms with E-state index in [1.54, 1.807) is 0 Å². The zero-order chi connectivity index (χ0) is 15.6. The van der Waals surface area contributed by atoms with E-state index >= 15 is 0 Å². The van der Waals surface area contributed by atoms with Crippen LogP contribution in [0.5, 0.6) is 0 Å². The van der Waals surface area contributed by atoms with Gasteiger partial charge >= 0.3 is 0 Å². The third-order valence-electron chi connectivity index (χ3n) is 5.21. The highest BCUT2D eigenvalue weighted by atomic mass is 15.2. The van der Waals surface area contributed by atoms with E-state index in [0.29, 0.717) is 23.5 Å². The Morgan fingerprint density at radius 3 is 2.57 bits per heavy atom. The molecule has 2 rings (SSSR count). The zero-order valence-corrected chi connectivity index (χ0v) is 14.6. The Bertz CT molecular complexity index is 461. The molecule has 2 nitrogen and oxygen atoms in total. The summed E-state index contributed by atoms with van der Waals surface area (Å²) in [6, 6.07) is 10.5. The molecule has 1 aromatic rings. The SMILES string of the molecule is CCCNC1c2ccccc2CC1N(C)C(C)C(C)(C)C. The summed E-state index contributed by atoms with van der Waals surface area (Å²) >= 11 is 0. The lowest BCUT2D eigenvalue weighted by Crippen LogP contribution is -2.49. The second-order valence-corrected chi connectivity index (χ2v) is 7.61. The molecule has 0 fully saturated rings. The predicted octanol–water partition coefficient (Wildman–Crippen LogP) is 4.02. The van der Waals surface area contributed by atoms with Gasteiger partial charge in [0.15, 0.2) is 0 Å². The van der Waals surface area contributed by atoms with Crippen LogP contribution < -0.4 is 5.32 Å². The van der Waals surface area contributed by atoms with Crippen LogP contribution in [0.2, 0.25) is 0 Å². The third-order valence-corrected chi connectivity index (χ3v) is 5.21. The standard InChI is InChI=1S/C19H32N2/c1-7-12-20-18-16-11-9-8-10-15(16)13-17(18)21(6)14(2)19(3,4)5/h8-11,14,17-18,20H,7,12-13H2,1-6H3. The first-order valence-electron chi connectivity index (χ1n) is 8.39. The lowest BCUT2D eigenvalue weighted by Gasteiger charge is -2.41. The van der Waals surface area contributed by atoms with Crippen molar-refractivity contribution in [3.8, 4) is 0 Å². The van der Waals surface area contributed by atoms with E-state index in [4.69, 9.17) is 0 Å². The lowest BCUT2D eigenvalue weighted by atomic mass is 9.86. The first-order chi connectivity index (χ1) is 9.86. The molecule has 1 N–H and O–H groups in total. The average Bonchev–Trinajstić information content (AvgIpc) is 2.81. The van der Waals surface area contributed by atoms with Crippen molar-refractivity contribution in [2.75, 3.05) is 13.6 Å². The molecule has 0 amide bonds. The maximum absolute atomic E-state index is 3.78. The molecular weight excluding hydrogens is 256 g/mol. The molecular formula is C19H32N2. The number of hydrogen-bond donors (Lipinski definition) is 1. The molecule has 0 aromatic heterocycles. The summed E-state index contributed by atoms with van der Waals surface area (Å²) in [5.41, 5.74) is 3.33. The Morgan fingerprint density at radius 1 is 1.29 bits per heavy atom. The number of nitrogens with one attached hydrogen (secondary N) is 1. The topological polar surface area (TPSA) is 15.3 Å². The van der Waals surface area contributed by atoms with Crippen LogP contribution in [0.1, 0.15) is 58.2 Å². The third kappa shape index (κ3) is 3.49. The van der Waals surface area contributed by atoms with Gasteiger partial charge in [-0.15, -0.1) is 0 Å². The first-order valence-corrected chi connectivity index (χ1v) is 8.39. The summed E-state index contributed by atoms with van der Waals surface area (Å²) in [5.74, 6) is 0. The van der Waals surface area contributed by atoms with E-state index in [-0.39, 0.29) is 0 Å². The van der Waals surface area contributed by atoms with Crippen LogP contribution in [-0.4, -0.2) is 30.6 Å². The van der Waals surface area contributed by atoms with E-state index in [9.17, 15) is 0 Å². The van der Waals surface area contributed by atoms with E-state index in [1.165, 1.54) is 17.5 Å². The monoisotopic (exact) mass is 288 g/mol. The van der Waals surface area contributed by atoms with Gasteiger partial charge in [-0.3, -0.25) is 4.90 Å². The Labute approximate surface area is 130 Å². The number of rotatable bonds is 5. The van der Waals surface area contributed by atoms with Crippen molar-refractivity contribution >= 4 is 0 Å². The van der Waals surface area contributed by atoms with Crippen LogP contribution in [0.4, 0.5) is 0 Å². The van der Waals surface area contributed by atoms with Crippen molar-refractivity contribution in [2.45, 2.75) is 65.6 Å². The van der Waals surface area contributed by atoms with Crippen LogP contribution in [0.25, 0.3) is 0 Å². The number of benzene rings is 1. The van der Waals surface area contributed by atoms with Crippen molar-refractivity contribution < 1.29 is 0 Å². The Morgan fingerprint density at radius 2 is 1.95 bits per heavy atom. The summed E-state index contributed by atoms with van der Waals surface area (Å²) in [5, 5.41) is 3.78. The highest BCUT2D eigenvalue weighted by molar-refractivity contribution is 5.37. The van der Waals surface area contributed by atoms with Gasteiger partial charge < -0.3 is 5.32 Å². The summed E-state index contributed by atoms with van der Waals surface area (Å²) in [6.45, 7) is 12.7. The minimum atomic E-state index is 0.304. The van der Waals surface area contributed by atoms with Gasteiger partial charge in [-0.1, -0.05) is 52.0 Å². The zero-order valence-electron chi connectivity index (χ0n) is 14.6. The number of hydrogen-bond acceptors (Lipinski definition) is 2. The highest BCUT2D eigenvalue weighted by Gasteiger charge is 2.38. The van der Waals surface area contributed by atoms with Crippen molar-refractivity contribution in [3.63, 3.8) is 0 Å². The normalized spacial score (nSPS) is 23.4.